The van der Waals surface area contributed by atoms with Gasteiger partial charge in [0.1, 0.15) is 23.2 Å². The molecular weight excluding hydrogens is 450 g/mol. The van der Waals surface area contributed by atoms with E-state index in [0.29, 0.717) is 16.3 Å². The number of fused-ring (bicyclic) bond motifs is 1. The number of piperidine rings is 1. The molecule has 0 amide bonds. The highest BCUT2D eigenvalue weighted by Gasteiger charge is 2.45. The van der Waals surface area contributed by atoms with Crippen molar-refractivity contribution >= 4 is 10.9 Å². The first-order valence-corrected chi connectivity index (χ1v) is 12.3. The van der Waals surface area contributed by atoms with Crippen LogP contribution in [0.15, 0.2) is 41.5 Å². The van der Waals surface area contributed by atoms with Gasteiger partial charge in [-0.1, -0.05) is 27.7 Å². The van der Waals surface area contributed by atoms with Gasteiger partial charge in [0.15, 0.2) is 11.6 Å². The van der Waals surface area contributed by atoms with Crippen LogP contribution in [0.1, 0.15) is 65.0 Å². The fourth-order valence-electron chi connectivity index (χ4n) is 4.80. The minimum Gasteiger partial charge on any atom is -0.453 e. The number of nitrogens with zero attached hydrogens (tertiary/aromatic N) is 3. The number of hydrogen-bond acceptors (Lipinski definition) is 5. The molecule has 1 aliphatic carbocycles. The Labute approximate surface area is 204 Å². The van der Waals surface area contributed by atoms with Crippen molar-refractivity contribution in [2.45, 2.75) is 59.4 Å². The summed E-state index contributed by atoms with van der Waals surface area (Å²) in [4.78, 5) is 17.6. The van der Waals surface area contributed by atoms with E-state index < -0.39 is 22.9 Å². The number of nitrogens with one attached hydrogen (secondary N) is 1. The zero-order chi connectivity index (χ0) is 25.6. The molecule has 2 aromatic carbocycles. The highest BCUT2D eigenvalue weighted by atomic mass is 19.1. The maximum absolute atomic E-state index is 14.2. The van der Waals surface area contributed by atoms with Crippen molar-refractivity contribution in [3.05, 3.63) is 64.2 Å². The largest absolute Gasteiger partial charge is 0.453 e. The van der Waals surface area contributed by atoms with Crippen LogP contribution in [0, 0.1) is 28.4 Å². The molecule has 0 atom stereocenters. The molecule has 1 N–H and O–H groups in total. The number of rotatable bonds is 3. The van der Waals surface area contributed by atoms with Crippen LogP contribution in [0.2, 0.25) is 0 Å². The molecule has 3 aromatic rings. The summed E-state index contributed by atoms with van der Waals surface area (Å²) in [5.74, 6) is -2.10. The topological polar surface area (TPSA) is 79.9 Å². The summed E-state index contributed by atoms with van der Waals surface area (Å²) in [7, 11) is 0. The maximum Gasteiger partial charge on any atom is 0.261 e. The molecule has 2 aliphatic rings. The first-order valence-electron chi connectivity index (χ1n) is 12.3. The summed E-state index contributed by atoms with van der Waals surface area (Å²) in [5, 5.41) is 12.9. The molecule has 35 heavy (non-hydrogen) atoms. The minimum atomic E-state index is -0.875. The molecule has 1 aliphatic heterocycles. The van der Waals surface area contributed by atoms with Gasteiger partial charge in [0, 0.05) is 6.04 Å². The number of aromatic nitrogens is 2. The SMILES string of the molecule is CC.CC.N#Cc1c(F)ccc(F)c1Oc1ccc2ncn(C3CC4(CCNCC4)C3)c(=O)c2c1. The molecule has 1 aromatic heterocycles. The van der Waals surface area contributed by atoms with Gasteiger partial charge in [0.2, 0.25) is 0 Å². The van der Waals surface area contributed by atoms with Crippen LogP contribution < -0.4 is 15.6 Å². The van der Waals surface area contributed by atoms with Crippen LogP contribution in [0.5, 0.6) is 11.5 Å². The Morgan fingerprint density at radius 2 is 1.74 bits per heavy atom. The van der Waals surface area contributed by atoms with Crippen molar-refractivity contribution in [2.75, 3.05) is 13.1 Å². The van der Waals surface area contributed by atoms with E-state index in [9.17, 15) is 13.6 Å². The van der Waals surface area contributed by atoms with Crippen LogP contribution in [-0.2, 0) is 0 Å². The van der Waals surface area contributed by atoms with E-state index in [0.717, 1.165) is 50.9 Å². The van der Waals surface area contributed by atoms with Crippen LogP contribution in [-0.4, -0.2) is 22.6 Å². The smallest absolute Gasteiger partial charge is 0.261 e. The normalized spacial score (nSPS) is 16.3. The van der Waals surface area contributed by atoms with Gasteiger partial charge < -0.3 is 10.1 Å². The van der Waals surface area contributed by atoms with E-state index in [1.165, 1.54) is 12.1 Å². The molecular formula is C27H32F2N4O2. The summed E-state index contributed by atoms with van der Waals surface area (Å²) in [5.41, 5.74) is 0.0948. The van der Waals surface area contributed by atoms with E-state index in [2.05, 4.69) is 10.3 Å². The van der Waals surface area contributed by atoms with Crippen LogP contribution in [0.3, 0.4) is 0 Å². The third kappa shape index (κ3) is 5.20. The molecule has 1 saturated heterocycles. The summed E-state index contributed by atoms with van der Waals surface area (Å²) in [6.45, 7) is 10.0. The lowest BCUT2D eigenvalue weighted by Crippen LogP contribution is -2.47. The van der Waals surface area contributed by atoms with Crippen LogP contribution in [0.4, 0.5) is 8.78 Å². The summed E-state index contributed by atoms with van der Waals surface area (Å²) >= 11 is 0. The number of ether oxygens (including phenoxy) is 1. The lowest BCUT2D eigenvalue weighted by Gasteiger charge is -2.50. The van der Waals surface area contributed by atoms with Gasteiger partial charge in [-0.05, 0) is 74.5 Å². The van der Waals surface area contributed by atoms with Crippen molar-refractivity contribution < 1.29 is 13.5 Å². The molecule has 5 rings (SSSR count). The minimum absolute atomic E-state index is 0.109. The third-order valence-electron chi connectivity index (χ3n) is 6.54. The van der Waals surface area contributed by atoms with Gasteiger partial charge in [-0.25, -0.2) is 13.8 Å². The zero-order valence-electron chi connectivity index (χ0n) is 20.7. The molecule has 2 heterocycles. The first-order chi connectivity index (χ1) is 17.0. The van der Waals surface area contributed by atoms with E-state index in [1.807, 2.05) is 27.7 Å². The van der Waals surface area contributed by atoms with E-state index in [-0.39, 0.29) is 17.4 Å². The summed E-state index contributed by atoms with van der Waals surface area (Å²) < 4.78 is 35.2. The monoisotopic (exact) mass is 482 g/mol. The molecule has 1 saturated carbocycles. The zero-order valence-corrected chi connectivity index (χ0v) is 20.7. The molecule has 6 nitrogen and oxygen atoms in total. The average Bonchev–Trinajstić information content (AvgIpc) is 2.88. The van der Waals surface area contributed by atoms with E-state index in [1.54, 1.807) is 23.0 Å². The van der Waals surface area contributed by atoms with Crippen molar-refractivity contribution in [1.82, 2.24) is 14.9 Å². The van der Waals surface area contributed by atoms with Gasteiger partial charge in [0.05, 0.1) is 17.2 Å². The summed E-state index contributed by atoms with van der Waals surface area (Å²) in [6.07, 6.45) is 5.75. The predicted molar refractivity (Wildman–Crippen MR) is 133 cm³/mol. The Morgan fingerprint density at radius 1 is 1.09 bits per heavy atom. The second-order valence-electron chi connectivity index (χ2n) is 8.40. The molecule has 186 valence electrons. The molecule has 0 radical (unpaired) electrons. The fourth-order valence-corrected chi connectivity index (χ4v) is 4.80. The molecule has 0 bridgehead atoms. The Hall–Kier alpha value is -3.31. The molecule has 0 unspecified atom stereocenters. The van der Waals surface area contributed by atoms with Crippen molar-refractivity contribution in [3.8, 4) is 17.6 Å². The van der Waals surface area contributed by atoms with E-state index >= 15 is 0 Å². The number of nitriles is 1. The highest BCUT2D eigenvalue weighted by Crippen LogP contribution is 2.53. The fraction of sp³-hybridized carbons (Fsp3) is 0.444. The van der Waals surface area contributed by atoms with Gasteiger partial charge in [-0.3, -0.25) is 9.36 Å². The third-order valence-corrected chi connectivity index (χ3v) is 6.54. The standard InChI is InChI=1S/C23H20F2N4O2.2C2H6/c24-18-2-3-19(25)21(17(18)12-26)31-15-1-4-20-16(9-15)22(30)29(13-28-20)14-10-23(11-14)5-7-27-8-6-23;2*1-2/h1-4,9,13-14,27H,5-8,10-11H2;2*1-2H3. The average molecular weight is 483 g/mol. The first kappa shape index (κ1) is 26.3. The van der Waals surface area contributed by atoms with Crippen molar-refractivity contribution in [3.63, 3.8) is 0 Å². The quantitative estimate of drug-likeness (QED) is 0.488. The van der Waals surface area contributed by atoms with Crippen LogP contribution >= 0.6 is 0 Å². The van der Waals surface area contributed by atoms with Gasteiger partial charge in [-0.2, -0.15) is 5.26 Å². The Morgan fingerprint density at radius 3 is 2.40 bits per heavy atom. The second kappa shape index (κ2) is 11.4. The lowest BCUT2D eigenvalue weighted by atomic mass is 9.60. The Bertz CT molecular complexity index is 1270. The summed E-state index contributed by atoms with van der Waals surface area (Å²) in [6, 6.07) is 8.06. The Balaban J connectivity index is 0.000000815. The molecule has 2 fully saturated rings. The molecule has 1 spiro atoms. The lowest BCUT2D eigenvalue weighted by molar-refractivity contribution is 0.0270. The number of halogens is 2. The van der Waals surface area contributed by atoms with Gasteiger partial charge in [0.25, 0.3) is 5.56 Å². The van der Waals surface area contributed by atoms with Crippen LogP contribution in [0.25, 0.3) is 10.9 Å². The Kier molecular flexibility index (Phi) is 8.57. The van der Waals surface area contributed by atoms with Crippen molar-refractivity contribution in [2.24, 2.45) is 5.41 Å². The highest BCUT2D eigenvalue weighted by molar-refractivity contribution is 5.79. The predicted octanol–water partition coefficient (Wildman–Crippen LogP) is 6.10. The number of benzene rings is 2. The van der Waals surface area contributed by atoms with Crippen molar-refractivity contribution in [1.29, 1.82) is 5.26 Å². The molecule has 8 heteroatoms. The number of hydrogen-bond donors (Lipinski definition) is 1. The maximum atomic E-state index is 14.2. The second-order valence-corrected chi connectivity index (χ2v) is 8.40. The van der Waals surface area contributed by atoms with Gasteiger partial charge in [-0.15, -0.1) is 0 Å². The van der Waals surface area contributed by atoms with Gasteiger partial charge >= 0.3 is 0 Å². The van der Waals surface area contributed by atoms with E-state index in [4.69, 9.17) is 10.00 Å².